The molecule has 0 saturated heterocycles. The minimum Gasteiger partial charge on any atom is -0.493 e. The molecule has 0 aliphatic carbocycles. The van der Waals surface area contributed by atoms with Gasteiger partial charge in [-0.15, -0.1) is 0 Å². The Morgan fingerprint density at radius 3 is 2.58 bits per heavy atom. The second-order valence-corrected chi connectivity index (χ2v) is 7.57. The Bertz CT molecular complexity index is 1030. The van der Waals surface area contributed by atoms with Gasteiger partial charge in [0.15, 0.2) is 11.5 Å². The molecule has 0 atom stereocenters. The third-order valence-electron chi connectivity index (χ3n) is 4.60. The molecule has 2 aromatic rings. The highest BCUT2D eigenvalue weighted by Crippen LogP contribution is 2.28. The molecule has 2 aromatic carbocycles. The molecule has 0 saturated carbocycles. The van der Waals surface area contributed by atoms with Gasteiger partial charge in [0.05, 0.1) is 31.5 Å². The number of imide groups is 1. The van der Waals surface area contributed by atoms with Crippen molar-refractivity contribution in [3.05, 3.63) is 63.6 Å². The molecule has 1 heterocycles. The third kappa shape index (κ3) is 5.32. The van der Waals surface area contributed by atoms with Crippen LogP contribution in [0.2, 0.25) is 0 Å². The Hall–Kier alpha value is -3.13. The van der Waals surface area contributed by atoms with E-state index in [0.29, 0.717) is 35.7 Å². The van der Waals surface area contributed by atoms with E-state index in [1.807, 2.05) is 6.92 Å². The first kappa shape index (κ1) is 22.6. The molecule has 0 bridgehead atoms. The maximum absolute atomic E-state index is 12.4. The van der Waals surface area contributed by atoms with E-state index in [1.54, 1.807) is 49.6 Å². The molecular weight excluding hydrogens is 466 g/mol. The molecule has 0 spiro atoms. The molecule has 162 valence electrons. The Kier molecular flexibility index (Phi) is 7.46. The van der Waals surface area contributed by atoms with Crippen LogP contribution >= 0.6 is 15.9 Å². The van der Waals surface area contributed by atoms with E-state index in [2.05, 4.69) is 15.9 Å². The Morgan fingerprint density at radius 2 is 1.84 bits per heavy atom. The second-order valence-electron chi connectivity index (χ2n) is 6.65. The molecule has 0 N–H and O–H groups in total. The number of benzene rings is 2. The zero-order valence-electron chi connectivity index (χ0n) is 17.2. The highest BCUT2D eigenvalue weighted by Gasteiger charge is 2.35. The fourth-order valence-electron chi connectivity index (χ4n) is 3.14. The number of rotatable bonds is 9. The Labute approximate surface area is 188 Å². The number of halogens is 1. The first-order chi connectivity index (χ1) is 14.9. The van der Waals surface area contributed by atoms with Crippen molar-refractivity contribution < 1.29 is 28.6 Å². The van der Waals surface area contributed by atoms with E-state index < -0.39 is 5.97 Å². The highest BCUT2D eigenvalue weighted by atomic mass is 79.9. The third-order valence-corrected chi connectivity index (χ3v) is 5.10. The van der Waals surface area contributed by atoms with Gasteiger partial charge in [-0.25, -0.2) is 4.79 Å². The average molecular weight is 488 g/mol. The van der Waals surface area contributed by atoms with Gasteiger partial charge in [0, 0.05) is 17.1 Å². The lowest BCUT2D eigenvalue weighted by Crippen LogP contribution is -2.31. The van der Waals surface area contributed by atoms with Crippen molar-refractivity contribution in [2.24, 2.45) is 0 Å². The first-order valence-electron chi connectivity index (χ1n) is 9.76. The van der Waals surface area contributed by atoms with E-state index in [4.69, 9.17) is 14.2 Å². The Morgan fingerprint density at radius 1 is 1.06 bits per heavy atom. The maximum atomic E-state index is 12.4. The van der Waals surface area contributed by atoms with E-state index in [0.717, 1.165) is 10.0 Å². The molecule has 0 fully saturated rings. The van der Waals surface area contributed by atoms with Crippen LogP contribution in [0.1, 0.15) is 39.6 Å². The molecule has 31 heavy (non-hydrogen) atoms. The Balaban J connectivity index is 1.48. The van der Waals surface area contributed by atoms with Crippen molar-refractivity contribution in [2.75, 3.05) is 26.9 Å². The van der Waals surface area contributed by atoms with Gasteiger partial charge < -0.3 is 14.2 Å². The van der Waals surface area contributed by atoms with Gasteiger partial charge in [0.1, 0.15) is 0 Å². The molecule has 0 unspecified atom stereocenters. The number of hydrogen-bond acceptors (Lipinski definition) is 6. The van der Waals surface area contributed by atoms with Crippen molar-refractivity contribution in [3.63, 3.8) is 0 Å². The SMILES string of the molecule is CCOc1ccc(/C=C/C(=O)OCCCN2C(=O)c3ccc(Br)cc3C2=O)cc1OC. The van der Waals surface area contributed by atoms with Gasteiger partial charge in [-0.2, -0.15) is 0 Å². The van der Waals surface area contributed by atoms with Crippen LogP contribution in [-0.2, 0) is 9.53 Å². The summed E-state index contributed by atoms with van der Waals surface area (Å²) in [6.07, 6.45) is 3.28. The summed E-state index contributed by atoms with van der Waals surface area (Å²) >= 11 is 3.30. The number of carbonyl (C=O) groups excluding carboxylic acids is 3. The zero-order chi connectivity index (χ0) is 22.4. The van der Waals surface area contributed by atoms with Gasteiger partial charge in [-0.3, -0.25) is 14.5 Å². The van der Waals surface area contributed by atoms with Crippen LogP contribution in [0.5, 0.6) is 11.5 Å². The van der Waals surface area contributed by atoms with Crippen molar-refractivity contribution in [1.29, 1.82) is 0 Å². The standard InChI is InChI=1S/C23H22BrNO6/c1-3-30-19-9-5-15(13-20(19)29-2)6-10-21(26)31-12-4-11-25-22(27)17-8-7-16(24)14-18(17)23(25)28/h5-10,13-14H,3-4,11-12H2,1-2H3/b10-6+. The highest BCUT2D eigenvalue weighted by molar-refractivity contribution is 9.10. The molecule has 7 nitrogen and oxygen atoms in total. The summed E-state index contributed by atoms with van der Waals surface area (Å²) < 4.78 is 16.7. The zero-order valence-corrected chi connectivity index (χ0v) is 18.8. The summed E-state index contributed by atoms with van der Waals surface area (Å²) in [7, 11) is 1.55. The van der Waals surface area contributed by atoms with Crippen LogP contribution in [-0.4, -0.2) is 49.6 Å². The van der Waals surface area contributed by atoms with Crippen LogP contribution in [0.25, 0.3) is 6.08 Å². The van der Waals surface area contributed by atoms with Crippen molar-refractivity contribution in [3.8, 4) is 11.5 Å². The topological polar surface area (TPSA) is 82.1 Å². The van der Waals surface area contributed by atoms with Crippen molar-refractivity contribution in [1.82, 2.24) is 4.90 Å². The summed E-state index contributed by atoms with van der Waals surface area (Å²) in [4.78, 5) is 37.9. The number of ether oxygens (including phenoxy) is 3. The summed E-state index contributed by atoms with van der Waals surface area (Å²) in [5.41, 5.74) is 1.53. The number of nitrogens with zero attached hydrogens (tertiary/aromatic N) is 1. The average Bonchev–Trinajstić information content (AvgIpc) is 3.00. The van der Waals surface area contributed by atoms with E-state index in [1.165, 1.54) is 11.0 Å². The number of esters is 1. The number of methoxy groups -OCH3 is 1. The number of carbonyl (C=O) groups is 3. The monoisotopic (exact) mass is 487 g/mol. The minimum atomic E-state index is -0.515. The molecular formula is C23H22BrNO6. The summed E-state index contributed by atoms with van der Waals surface area (Å²) in [5.74, 6) is 0.0230. The molecule has 3 rings (SSSR count). The predicted molar refractivity (Wildman–Crippen MR) is 118 cm³/mol. The molecule has 2 amide bonds. The summed E-state index contributed by atoms with van der Waals surface area (Å²) in [6.45, 7) is 2.68. The van der Waals surface area contributed by atoms with E-state index in [-0.39, 0.29) is 25.0 Å². The lowest BCUT2D eigenvalue weighted by molar-refractivity contribution is -0.137. The fraction of sp³-hybridized carbons (Fsp3) is 0.261. The van der Waals surface area contributed by atoms with Gasteiger partial charge in [0.2, 0.25) is 0 Å². The molecule has 0 radical (unpaired) electrons. The van der Waals surface area contributed by atoms with Gasteiger partial charge in [-0.1, -0.05) is 22.0 Å². The van der Waals surface area contributed by atoms with E-state index >= 15 is 0 Å². The minimum absolute atomic E-state index is 0.0902. The number of fused-ring (bicyclic) bond motifs is 1. The van der Waals surface area contributed by atoms with Crippen molar-refractivity contribution >= 4 is 39.8 Å². The van der Waals surface area contributed by atoms with Crippen LogP contribution in [0.4, 0.5) is 0 Å². The number of hydrogen-bond donors (Lipinski definition) is 0. The smallest absolute Gasteiger partial charge is 0.330 e. The molecule has 1 aliphatic rings. The van der Waals surface area contributed by atoms with Crippen LogP contribution < -0.4 is 9.47 Å². The second kappa shape index (κ2) is 10.3. The largest absolute Gasteiger partial charge is 0.493 e. The molecule has 0 aromatic heterocycles. The molecule has 1 aliphatic heterocycles. The fourth-order valence-corrected chi connectivity index (χ4v) is 3.50. The predicted octanol–water partition coefficient (Wildman–Crippen LogP) is 4.10. The van der Waals surface area contributed by atoms with Gasteiger partial charge in [-0.05, 0) is 55.3 Å². The van der Waals surface area contributed by atoms with E-state index in [9.17, 15) is 14.4 Å². The van der Waals surface area contributed by atoms with Crippen molar-refractivity contribution in [2.45, 2.75) is 13.3 Å². The summed E-state index contributed by atoms with van der Waals surface area (Å²) in [5, 5.41) is 0. The number of amides is 2. The van der Waals surface area contributed by atoms with Crippen LogP contribution in [0, 0.1) is 0 Å². The quantitative estimate of drug-likeness (QED) is 0.229. The lowest BCUT2D eigenvalue weighted by Gasteiger charge is -2.13. The lowest BCUT2D eigenvalue weighted by atomic mass is 10.1. The van der Waals surface area contributed by atoms with Gasteiger partial charge in [0.25, 0.3) is 11.8 Å². The summed E-state index contributed by atoms with van der Waals surface area (Å²) in [6, 6.07) is 10.3. The maximum Gasteiger partial charge on any atom is 0.330 e. The van der Waals surface area contributed by atoms with Crippen LogP contribution in [0.3, 0.4) is 0 Å². The first-order valence-corrected chi connectivity index (χ1v) is 10.5. The normalized spacial score (nSPS) is 12.9. The molecule has 8 heteroatoms. The van der Waals surface area contributed by atoms with Crippen LogP contribution in [0.15, 0.2) is 46.9 Å². The van der Waals surface area contributed by atoms with Gasteiger partial charge >= 0.3 is 5.97 Å².